The Morgan fingerprint density at radius 1 is 1.22 bits per heavy atom. The van der Waals surface area contributed by atoms with E-state index in [4.69, 9.17) is 4.42 Å². The largest absolute Gasteiger partial charge is 0.410 e. The van der Waals surface area contributed by atoms with Gasteiger partial charge in [-0.05, 0) is 29.1 Å². The number of benzene rings is 1. The fraction of sp³-hybridized carbons (Fsp3) is 0.188. The van der Waals surface area contributed by atoms with Crippen molar-refractivity contribution in [3.05, 3.63) is 52.9 Å². The first kappa shape index (κ1) is 15.8. The number of carbonyl (C=O) groups is 1. The highest BCUT2D eigenvalue weighted by molar-refractivity contribution is 7.98. The molecule has 118 valence electrons. The maximum Gasteiger partial charge on any atom is 0.277 e. The van der Waals surface area contributed by atoms with E-state index in [9.17, 15) is 4.79 Å². The van der Waals surface area contributed by atoms with E-state index in [1.807, 2.05) is 41.8 Å². The van der Waals surface area contributed by atoms with Crippen molar-refractivity contribution in [1.82, 2.24) is 15.1 Å². The fourth-order valence-corrected chi connectivity index (χ4v) is 3.28. The molecule has 0 aliphatic rings. The summed E-state index contributed by atoms with van der Waals surface area (Å²) < 4.78 is 5.63. The number of hydrogen-bond donors (Lipinski definition) is 0. The molecule has 5 nitrogen and oxygen atoms in total. The maximum absolute atomic E-state index is 11.8. The van der Waals surface area contributed by atoms with Gasteiger partial charge in [0.2, 0.25) is 0 Å². The number of aromatic nitrogens is 2. The van der Waals surface area contributed by atoms with Gasteiger partial charge in [-0.15, -0.1) is 21.5 Å². The van der Waals surface area contributed by atoms with Crippen LogP contribution in [0.1, 0.15) is 15.9 Å². The molecule has 0 radical (unpaired) electrons. The third kappa shape index (κ3) is 3.80. The number of thioether (sulfide) groups is 1. The minimum Gasteiger partial charge on any atom is -0.410 e. The zero-order valence-electron chi connectivity index (χ0n) is 12.7. The number of nitrogens with zero attached hydrogens (tertiary/aromatic N) is 3. The molecule has 3 rings (SSSR count). The van der Waals surface area contributed by atoms with Gasteiger partial charge >= 0.3 is 0 Å². The standard InChI is InChI=1S/C16H15N3O2S2/c1-19(2)15(20)12-7-5-11(6-8-12)10-23-16-18-17-14(21-16)13-4-3-9-22-13/h3-9H,10H2,1-2H3. The highest BCUT2D eigenvalue weighted by Crippen LogP contribution is 2.28. The van der Waals surface area contributed by atoms with Gasteiger partial charge in [0.25, 0.3) is 17.0 Å². The van der Waals surface area contributed by atoms with Gasteiger partial charge in [0.15, 0.2) is 0 Å². The summed E-state index contributed by atoms with van der Waals surface area (Å²) in [6, 6.07) is 11.5. The van der Waals surface area contributed by atoms with Gasteiger partial charge in [0.05, 0.1) is 4.88 Å². The Labute approximate surface area is 142 Å². The Morgan fingerprint density at radius 3 is 2.65 bits per heavy atom. The normalized spacial score (nSPS) is 10.7. The summed E-state index contributed by atoms with van der Waals surface area (Å²) in [5, 5.41) is 10.6. The summed E-state index contributed by atoms with van der Waals surface area (Å²) in [6.07, 6.45) is 0. The van der Waals surface area contributed by atoms with Crippen LogP contribution in [0.3, 0.4) is 0 Å². The van der Waals surface area contributed by atoms with Crippen LogP contribution in [0.15, 0.2) is 51.4 Å². The molecule has 7 heteroatoms. The number of amides is 1. The molecule has 0 saturated heterocycles. The van der Waals surface area contributed by atoms with Crippen molar-refractivity contribution in [2.45, 2.75) is 11.0 Å². The first-order valence-corrected chi connectivity index (χ1v) is 8.81. The Kier molecular flexibility index (Phi) is 4.78. The van der Waals surface area contributed by atoms with Crippen LogP contribution in [0.5, 0.6) is 0 Å². The zero-order valence-corrected chi connectivity index (χ0v) is 14.4. The quantitative estimate of drug-likeness (QED) is 0.658. The Hall–Kier alpha value is -2.12. The van der Waals surface area contributed by atoms with E-state index in [2.05, 4.69) is 10.2 Å². The topological polar surface area (TPSA) is 59.2 Å². The van der Waals surface area contributed by atoms with E-state index in [0.717, 1.165) is 10.4 Å². The van der Waals surface area contributed by atoms with Crippen molar-refractivity contribution in [3.63, 3.8) is 0 Å². The van der Waals surface area contributed by atoms with Gasteiger partial charge in [0, 0.05) is 25.4 Å². The van der Waals surface area contributed by atoms with E-state index >= 15 is 0 Å². The number of rotatable bonds is 5. The zero-order chi connectivity index (χ0) is 16.2. The highest BCUT2D eigenvalue weighted by atomic mass is 32.2. The first-order valence-electron chi connectivity index (χ1n) is 6.94. The third-order valence-electron chi connectivity index (χ3n) is 3.11. The van der Waals surface area contributed by atoms with Gasteiger partial charge in [-0.1, -0.05) is 30.0 Å². The van der Waals surface area contributed by atoms with Crippen LogP contribution >= 0.6 is 23.1 Å². The average Bonchev–Trinajstić information content (AvgIpc) is 3.23. The molecule has 1 amide bonds. The van der Waals surface area contributed by atoms with E-state index < -0.39 is 0 Å². The summed E-state index contributed by atoms with van der Waals surface area (Å²) >= 11 is 3.05. The predicted octanol–water partition coefficient (Wildman–Crippen LogP) is 3.79. The third-order valence-corrected chi connectivity index (χ3v) is 4.86. The second-order valence-electron chi connectivity index (χ2n) is 5.04. The maximum atomic E-state index is 11.8. The predicted molar refractivity (Wildman–Crippen MR) is 91.6 cm³/mol. The first-order chi connectivity index (χ1) is 11.1. The molecular formula is C16H15N3O2S2. The summed E-state index contributed by atoms with van der Waals surface area (Å²) in [5.74, 6) is 1.26. The van der Waals surface area contributed by atoms with Crippen molar-refractivity contribution >= 4 is 29.0 Å². The molecule has 0 aliphatic heterocycles. The van der Waals surface area contributed by atoms with Crippen molar-refractivity contribution < 1.29 is 9.21 Å². The SMILES string of the molecule is CN(C)C(=O)c1ccc(CSc2nnc(-c3cccs3)o2)cc1. The van der Waals surface area contributed by atoms with Crippen molar-refractivity contribution in [3.8, 4) is 10.8 Å². The van der Waals surface area contributed by atoms with Gasteiger partial charge in [-0.2, -0.15) is 0 Å². The van der Waals surface area contributed by atoms with Crippen molar-refractivity contribution in [1.29, 1.82) is 0 Å². The average molecular weight is 345 g/mol. The van der Waals surface area contributed by atoms with Crippen LogP contribution in [0.4, 0.5) is 0 Å². The van der Waals surface area contributed by atoms with Crippen LogP contribution in [0, 0.1) is 0 Å². The minimum absolute atomic E-state index is 0.00157. The monoisotopic (exact) mass is 345 g/mol. The molecule has 0 aliphatic carbocycles. The molecule has 0 saturated carbocycles. The van der Waals surface area contributed by atoms with Gasteiger partial charge in [-0.3, -0.25) is 4.79 Å². The highest BCUT2D eigenvalue weighted by Gasteiger charge is 2.11. The number of thiophene rings is 1. The Morgan fingerprint density at radius 2 is 2.00 bits per heavy atom. The minimum atomic E-state index is 0.00157. The molecule has 2 aromatic heterocycles. The second-order valence-corrected chi connectivity index (χ2v) is 6.91. The van der Waals surface area contributed by atoms with Crippen LogP contribution in [-0.4, -0.2) is 35.1 Å². The van der Waals surface area contributed by atoms with E-state index in [0.29, 0.717) is 22.4 Å². The molecule has 0 spiro atoms. The van der Waals surface area contributed by atoms with Gasteiger partial charge < -0.3 is 9.32 Å². The molecule has 0 fully saturated rings. The fourth-order valence-electron chi connectivity index (χ4n) is 1.91. The second kappa shape index (κ2) is 6.97. The van der Waals surface area contributed by atoms with Gasteiger partial charge in [-0.25, -0.2) is 0 Å². The van der Waals surface area contributed by atoms with Crippen LogP contribution < -0.4 is 0 Å². The molecule has 0 unspecified atom stereocenters. The summed E-state index contributed by atoms with van der Waals surface area (Å²) in [5.41, 5.74) is 1.78. The van der Waals surface area contributed by atoms with Crippen molar-refractivity contribution in [2.24, 2.45) is 0 Å². The molecular weight excluding hydrogens is 330 g/mol. The lowest BCUT2D eigenvalue weighted by molar-refractivity contribution is 0.0827. The van der Waals surface area contributed by atoms with E-state index in [1.165, 1.54) is 11.8 Å². The van der Waals surface area contributed by atoms with Crippen LogP contribution in [-0.2, 0) is 5.75 Å². The van der Waals surface area contributed by atoms with Crippen molar-refractivity contribution in [2.75, 3.05) is 14.1 Å². The number of hydrogen-bond acceptors (Lipinski definition) is 6. The van der Waals surface area contributed by atoms with Crippen LogP contribution in [0.25, 0.3) is 10.8 Å². The lowest BCUT2D eigenvalue weighted by Crippen LogP contribution is -2.21. The number of carbonyl (C=O) groups excluding carboxylic acids is 1. The van der Waals surface area contributed by atoms with Crippen LogP contribution in [0.2, 0.25) is 0 Å². The Bertz CT molecular complexity index is 780. The summed E-state index contributed by atoms with van der Waals surface area (Å²) in [4.78, 5) is 14.4. The lowest BCUT2D eigenvalue weighted by atomic mass is 10.1. The smallest absolute Gasteiger partial charge is 0.277 e. The molecule has 0 bridgehead atoms. The van der Waals surface area contributed by atoms with E-state index in [-0.39, 0.29) is 5.91 Å². The molecule has 2 heterocycles. The molecule has 0 atom stereocenters. The lowest BCUT2D eigenvalue weighted by Gasteiger charge is -2.10. The molecule has 23 heavy (non-hydrogen) atoms. The van der Waals surface area contributed by atoms with E-state index in [1.54, 1.807) is 30.3 Å². The summed E-state index contributed by atoms with van der Waals surface area (Å²) in [6.45, 7) is 0. The molecule has 0 N–H and O–H groups in total. The van der Waals surface area contributed by atoms with Gasteiger partial charge in [0.1, 0.15) is 0 Å². The Balaban J connectivity index is 1.61. The molecule has 1 aromatic carbocycles. The molecule has 3 aromatic rings. The summed E-state index contributed by atoms with van der Waals surface area (Å²) in [7, 11) is 3.49.